The van der Waals surface area contributed by atoms with Crippen molar-refractivity contribution in [1.29, 1.82) is 0 Å². The molecule has 3 saturated heterocycles. The second-order valence-electron chi connectivity index (χ2n) is 11.0. The first-order chi connectivity index (χ1) is 19.6. The number of fused-ring (bicyclic) bond motifs is 1. The third kappa shape index (κ3) is 5.79. The zero-order valence-electron chi connectivity index (χ0n) is 23.5. The lowest BCUT2D eigenvalue weighted by atomic mass is 9.95. The fraction of sp³-hybridized carbons (Fsp3) is 0.556. The molecule has 3 aliphatic rings. The summed E-state index contributed by atoms with van der Waals surface area (Å²) in [6, 6.07) is 4.36. The smallest absolute Gasteiger partial charge is 0.252 e. The van der Waals surface area contributed by atoms with Gasteiger partial charge in [-0.15, -0.1) is 11.3 Å². The van der Waals surface area contributed by atoms with E-state index in [9.17, 15) is 14.4 Å². The van der Waals surface area contributed by atoms with E-state index in [1.165, 1.54) is 12.0 Å². The van der Waals surface area contributed by atoms with E-state index in [-0.39, 0.29) is 18.9 Å². The standard InChI is InChI=1S/C27H34N8O5S/c1-27(2,39-4)23(25(38)35-13-18(31-32-28)22-21(35)20(36)14-40-22)30-24(37)17-7-5-16(6-8-17)19-15-41-26(29-19)34-11-9-33(3)10-12-34/h5-8,15,18,21-23H,9-14H2,1-4H3,(H,30,37). The van der Waals surface area contributed by atoms with Gasteiger partial charge in [0.15, 0.2) is 10.9 Å². The number of carbonyl (C=O) groups excluding carboxylic acids is 3. The number of anilines is 1. The molecule has 1 aromatic heterocycles. The number of hydrogen-bond acceptors (Lipinski definition) is 10. The SMILES string of the molecule is COC(C)(C)C(NC(=O)c1ccc(-c2csc(N3CCN(C)CC3)n2)cc1)C(=O)N1CC(N=[N+]=[N-])C2OCC(=O)C21. The van der Waals surface area contributed by atoms with Crippen LogP contribution in [-0.4, -0.2) is 116 Å². The summed E-state index contributed by atoms with van der Waals surface area (Å²) >= 11 is 1.60. The Kier molecular flexibility index (Phi) is 8.30. The zero-order chi connectivity index (χ0) is 29.3. The second-order valence-corrected chi connectivity index (χ2v) is 11.9. The van der Waals surface area contributed by atoms with Gasteiger partial charge < -0.3 is 29.5 Å². The molecule has 1 aromatic carbocycles. The summed E-state index contributed by atoms with van der Waals surface area (Å²) in [6.45, 7) is 7.09. The number of methoxy groups -OCH3 is 1. The van der Waals surface area contributed by atoms with Crippen LogP contribution in [0.4, 0.5) is 5.13 Å². The minimum absolute atomic E-state index is 0.00852. The maximum Gasteiger partial charge on any atom is 0.252 e. The van der Waals surface area contributed by atoms with E-state index in [0.29, 0.717) is 5.56 Å². The molecule has 218 valence electrons. The van der Waals surface area contributed by atoms with Gasteiger partial charge >= 0.3 is 0 Å². The number of amides is 2. The molecule has 0 radical (unpaired) electrons. The predicted molar refractivity (Wildman–Crippen MR) is 153 cm³/mol. The molecule has 13 nitrogen and oxygen atoms in total. The number of thiazole rings is 1. The van der Waals surface area contributed by atoms with Gasteiger partial charge in [-0.1, -0.05) is 17.2 Å². The van der Waals surface area contributed by atoms with Crippen LogP contribution in [0.25, 0.3) is 21.7 Å². The highest BCUT2D eigenvalue weighted by atomic mass is 32.1. The molecular formula is C27H34N8O5S. The molecule has 14 heteroatoms. The zero-order valence-corrected chi connectivity index (χ0v) is 24.3. The first kappa shape index (κ1) is 29.0. The molecule has 0 bridgehead atoms. The van der Waals surface area contributed by atoms with Gasteiger partial charge in [-0.05, 0) is 38.6 Å². The van der Waals surface area contributed by atoms with Crippen molar-refractivity contribution in [2.45, 2.75) is 43.7 Å². The molecule has 2 amide bonds. The highest BCUT2D eigenvalue weighted by Crippen LogP contribution is 2.32. The number of ketones is 1. The maximum absolute atomic E-state index is 13.8. The Bertz CT molecular complexity index is 1350. The van der Waals surface area contributed by atoms with Gasteiger partial charge in [0, 0.05) is 61.3 Å². The van der Waals surface area contributed by atoms with Crippen LogP contribution >= 0.6 is 11.3 Å². The molecule has 4 heterocycles. The summed E-state index contributed by atoms with van der Waals surface area (Å²) in [5.74, 6) is -1.24. The van der Waals surface area contributed by atoms with Gasteiger partial charge in [-0.25, -0.2) is 4.98 Å². The summed E-state index contributed by atoms with van der Waals surface area (Å²) in [4.78, 5) is 53.3. The molecule has 2 aromatic rings. The topological polar surface area (TPSA) is 153 Å². The van der Waals surface area contributed by atoms with Crippen molar-refractivity contribution < 1.29 is 23.9 Å². The van der Waals surface area contributed by atoms with Gasteiger partial charge in [-0.3, -0.25) is 14.4 Å². The van der Waals surface area contributed by atoms with E-state index in [4.69, 9.17) is 20.0 Å². The number of azide groups is 1. The van der Waals surface area contributed by atoms with Crippen LogP contribution in [0.2, 0.25) is 0 Å². The van der Waals surface area contributed by atoms with Crippen molar-refractivity contribution in [3.63, 3.8) is 0 Å². The number of hydrogen-bond donors (Lipinski definition) is 1. The third-order valence-electron chi connectivity index (χ3n) is 8.09. The van der Waals surface area contributed by atoms with Crippen LogP contribution in [-0.2, 0) is 19.1 Å². The van der Waals surface area contributed by atoms with Crippen molar-refractivity contribution in [3.05, 3.63) is 45.7 Å². The lowest BCUT2D eigenvalue weighted by Gasteiger charge is -2.36. The fourth-order valence-electron chi connectivity index (χ4n) is 5.39. The number of aromatic nitrogens is 1. The second kappa shape index (κ2) is 11.7. The highest BCUT2D eigenvalue weighted by Gasteiger charge is 2.54. The normalized spacial score (nSPS) is 23.7. The quantitative estimate of drug-likeness (QED) is 0.282. The maximum atomic E-state index is 13.8. The first-order valence-corrected chi connectivity index (χ1v) is 14.4. The molecule has 4 atom stereocenters. The summed E-state index contributed by atoms with van der Waals surface area (Å²) < 4.78 is 11.1. The number of nitrogens with one attached hydrogen (secondary N) is 1. The average Bonchev–Trinajstić information content (AvgIpc) is 3.70. The Hall–Kier alpha value is -3.55. The third-order valence-corrected chi connectivity index (χ3v) is 8.99. The van der Waals surface area contributed by atoms with Gasteiger partial charge in [0.25, 0.3) is 5.91 Å². The lowest BCUT2D eigenvalue weighted by Crippen LogP contribution is -2.60. The number of piperazine rings is 1. The van der Waals surface area contributed by atoms with E-state index in [1.807, 2.05) is 17.5 Å². The van der Waals surface area contributed by atoms with Crippen molar-refractivity contribution in [2.75, 3.05) is 58.4 Å². The molecular weight excluding hydrogens is 548 g/mol. The van der Waals surface area contributed by atoms with Gasteiger partial charge in [-0.2, -0.15) is 0 Å². The number of Topliss-reactive ketones (excluding diaryl/α,β-unsaturated/α-hetero) is 1. The monoisotopic (exact) mass is 582 g/mol. The van der Waals surface area contributed by atoms with Crippen LogP contribution in [0.3, 0.4) is 0 Å². The number of nitrogens with zero attached hydrogens (tertiary/aromatic N) is 7. The van der Waals surface area contributed by atoms with Gasteiger partial charge in [0.05, 0.1) is 23.4 Å². The minimum Gasteiger partial charge on any atom is -0.376 e. The Morgan fingerprint density at radius 2 is 1.95 bits per heavy atom. The summed E-state index contributed by atoms with van der Waals surface area (Å²) in [7, 11) is 3.57. The first-order valence-electron chi connectivity index (χ1n) is 13.5. The minimum atomic E-state index is -1.12. The van der Waals surface area contributed by atoms with E-state index >= 15 is 0 Å². The Balaban J connectivity index is 1.31. The molecule has 1 N–H and O–H groups in total. The highest BCUT2D eigenvalue weighted by molar-refractivity contribution is 7.14. The predicted octanol–water partition coefficient (Wildman–Crippen LogP) is 1.94. The summed E-state index contributed by atoms with van der Waals surface area (Å²) in [5, 5.41) is 9.54. The largest absolute Gasteiger partial charge is 0.376 e. The number of rotatable bonds is 8. The van der Waals surface area contributed by atoms with Crippen molar-refractivity contribution in [1.82, 2.24) is 20.1 Å². The lowest BCUT2D eigenvalue weighted by molar-refractivity contribution is -0.144. The number of carbonyl (C=O) groups is 3. The van der Waals surface area contributed by atoms with Gasteiger partial charge in [0.1, 0.15) is 18.7 Å². The summed E-state index contributed by atoms with van der Waals surface area (Å²) in [6.07, 6.45) is -0.709. The van der Waals surface area contributed by atoms with Crippen LogP contribution in [0, 0.1) is 0 Å². The van der Waals surface area contributed by atoms with E-state index in [2.05, 4.69) is 32.2 Å². The number of benzene rings is 1. The van der Waals surface area contributed by atoms with Crippen molar-refractivity contribution >= 4 is 34.1 Å². The van der Waals surface area contributed by atoms with Crippen LogP contribution in [0.5, 0.6) is 0 Å². The molecule has 0 saturated carbocycles. The number of likely N-dealkylation sites (tertiary alicyclic amines) is 1. The summed E-state index contributed by atoms with van der Waals surface area (Å²) in [5.41, 5.74) is 9.93. The van der Waals surface area contributed by atoms with E-state index in [0.717, 1.165) is 42.6 Å². The van der Waals surface area contributed by atoms with Gasteiger partial charge in [0.2, 0.25) is 5.91 Å². The van der Waals surface area contributed by atoms with Crippen molar-refractivity contribution in [2.24, 2.45) is 5.11 Å². The molecule has 5 rings (SSSR count). The van der Waals surface area contributed by atoms with Crippen LogP contribution in [0.15, 0.2) is 34.8 Å². The van der Waals surface area contributed by atoms with Crippen LogP contribution in [0.1, 0.15) is 24.2 Å². The fourth-order valence-corrected chi connectivity index (χ4v) is 6.28. The number of likely N-dealkylation sites (N-methyl/N-ethyl adjacent to an activating group) is 1. The van der Waals surface area contributed by atoms with E-state index < -0.39 is 41.6 Å². The Labute approximate surface area is 242 Å². The number of ether oxygens (including phenoxy) is 2. The molecule has 41 heavy (non-hydrogen) atoms. The average molecular weight is 583 g/mol. The molecule has 0 spiro atoms. The van der Waals surface area contributed by atoms with Crippen molar-refractivity contribution in [3.8, 4) is 11.3 Å². The molecule has 4 unspecified atom stereocenters. The van der Waals surface area contributed by atoms with E-state index in [1.54, 1.807) is 37.3 Å². The molecule has 3 aliphatic heterocycles. The molecule has 0 aliphatic carbocycles. The Morgan fingerprint density at radius 1 is 1.24 bits per heavy atom. The molecule has 3 fully saturated rings. The Morgan fingerprint density at radius 3 is 2.61 bits per heavy atom. The van der Waals surface area contributed by atoms with Crippen LogP contribution < -0.4 is 10.2 Å².